The summed E-state index contributed by atoms with van der Waals surface area (Å²) in [5, 5.41) is 9.35. The number of carbonyl (C=O) groups excluding carboxylic acids is 1. The lowest BCUT2D eigenvalue weighted by molar-refractivity contribution is -0.130. The van der Waals surface area contributed by atoms with Crippen molar-refractivity contribution in [3.63, 3.8) is 0 Å². The van der Waals surface area contributed by atoms with Crippen molar-refractivity contribution < 1.29 is 14.6 Å². The zero-order valence-corrected chi connectivity index (χ0v) is 15.2. The van der Waals surface area contributed by atoms with Crippen LogP contribution in [0.1, 0.15) is 17.5 Å². The van der Waals surface area contributed by atoms with Crippen LogP contribution in [0.4, 0.5) is 0 Å². The molecule has 0 atom stereocenters. The number of benzene rings is 2. The van der Waals surface area contributed by atoms with Crippen LogP contribution in [-0.4, -0.2) is 54.1 Å². The van der Waals surface area contributed by atoms with Gasteiger partial charge in [-0.25, -0.2) is 0 Å². The topological polar surface area (TPSA) is 53.0 Å². The molecule has 0 bridgehead atoms. The van der Waals surface area contributed by atoms with Crippen LogP contribution < -0.4 is 4.74 Å². The quantitative estimate of drug-likeness (QED) is 0.897. The van der Waals surface area contributed by atoms with Crippen molar-refractivity contribution in [1.29, 1.82) is 0 Å². The lowest BCUT2D eigenvalue weighted by Crippen LogP contribution is -2.36. The Labute approximate surface area is 154 Å². The monoisotopic (exact) mass is 354 g/mol. The number of phenolic OH excluding ortho intramolecular Hbond substituents is 1. The van der Waals surface area contributed by atoms with Gasteiger partial charge in [0, 0.05) is 32.7 Å². The zero-order valence-electron chi connectivity index (χ0n) is 15.2. The minimum absolute atomic E-state index is 0.155. The largest absolute Gasteiger partial charge is 0.508 e. The molecule has 5 heteroatoms. The number of carbonyl (C=O) groups is 1. The fraction of sp³-hybridized carbons (Fsp3) is 0.381. The molecule has 0 spiro atoms. The number of nitrogens with zero attached hydrogens (tertiary/aromatic N) is 2. The summed E-state index contributed by atoms with van der Waals surface area (Å²) in [7, 11) is 1.67. The Bertz CT molecular complexity index is 713. The third-order valence-electron chi connectivity index (χ3n) is 4.80. The number of hydrogen-bond acceptors (Lipinski definition) is 4. The Hall–Kier alpha value is -2.53. The average molecular weight is 354 g/mol. The molecule has 0 aromatic heterocycles. The molecule has 0 unspecified atom stereocenters. The molecule has 2 aromatic rings. The van der Waals surface area contributed by atoms with E-state index in [-0.39, 0.29) is 11.7 Å². The van der Waals surface area contributed by atoms with Gasteiger partial charge in [-0.2, -0.15) is 0 Å². The number of methoxy groups -OCH3 is 1. The molecule has 1 aliphatic rings. The summed E-state index contributed by atoms with van der Waals surface area (Å²) >= 11 is 0. The van der Waals surface area contributed by atoms with Gasteiger partial charge >= 0.3 is 0 Å². The highest BCUT2D eigenvalue weighted by molar-refractivity contribution is 5.78. The molecule has 0 saturated carbocycles. The molecule has 1 aliphatic heterocycles. The van der Waals surface area contributed by atoms with Crippen molar-refractivity contribution in [2.24, 2.45) is 0 Å². The highest BCUT2D eigenvalue weighted by Gasteiger charge is 2.19. The van der Waals surface area contributed by atoms with E-state index in [2.05, 4.69) is 17.0 Å². The molecule has 0 radical (unpaired) electrons. The Morgan fingerprint density at radius 3 is 2.35 bits per heavy atom. The van der Waals surface area contributed by atoms with Crippen molar-refractivity contribution in [3.05, 3.63) is 59.7 Å². The fourth-order valence-electron chi connectivity index (χ4n) is 3.27. The van der Waals surface area contributed by atoms with Crippen LogP contribution in [0.25, 0.3) is 0 Å². The van der Waals surface area contributed by atoms with Crippen molar-refractivity contribution >= 4 is 5.91 Å². The molecule has 26 heavy (non-hydrogen) atoms. The van der Waals surface area contributed by atoms with Crippen molar-refractivity contribution in [2.75, 3.05) is 33.3 Å². The maximum atomic E-state index is 12.6. The molecule has 1 heterocycles. The van der Waals surface area contributed by atoms with Gasteiger partial charge in [0.05, 0.1) is 13.5 Å². The summed E-state index contributed by atoms with van der Waals surface area (Å²) in [6.45, 7) is 4.33. The molecule has 138 valence electrons. The summed E-state index contributed by atoms with van der Waals surface area (Å²) in [6, 6.07) is 15.0. The third kappa shape index (κ3) is 4.99. The first kappa shape index (κ1) is 18.3. The van der Waals surface area contributed by atoms with E-state index in [0.29, 0.717) is 6.42 Å². The van der Waals surface area contributed by atoms with Gasteiger partial charge in [0.2, 0.25) is 5.91 Å². The molecule has 1 amide bonds. The molecular weight excluding hydrogens is 328 g/mol. The Balaban J connectivity index is 1.52. The molecule has 1 fully saturated rings. The van der Waals surface area contributed by atoms with Gasteiger partial charge in [-0.15, -0.1) is 0 Å². The van der Waals surface area contributed by atoms with Crippen molar-refractivity contribution in [2.45, 2.75) is 19.4 Å². The van der Waals surface area contributed by atoms with E-state index in [1.165, 1.54) is 5.56 Å². The normalized spacial score (nSPS) is 15.5. The van der Waals surface area contributed by atoms with Crippen LogP contribution in [0.5, 0.6) is 11.5 Å². The molecule has 1 N–H and O–H groups in total. The van der Waals surface area contributed by atoms with E-state index >= 15 is 0 Å². The number of amides is 1. The maximum Gasteiger partial charge on any atom is 0.227 e. The van der Waals surface area contributed by atoms with Gasteiger partial charge in [0.25, 0.3) is 0 Å². The van der Waals surface area contributed by atoms with E-state index in [0.717, 1.165) is 50.5 Å². The van der Waals surface area contributed by atoms with E-state index in [1.54, 1.807) is 31.4 Å². The molecular formula is C21H26N2O3. The maximum absolute atomic E-state index is 12.6. The van der Waals surface area contributed by atoms with Crippen LogP contribution >= 0.6 is 0 Å². The Morgan fingerprint density at radius 2 is 1.65 bits per heavy atom. The number of rotatable bonds is 5. The smallest absolute Gasteiger partial charge is 0.227 e. The number of phenols is 1. The van der Waals surface area contributed by atoms with Crippen molar-refractivity contribution in [3.8, 4) is 11.5 Å². The summed E-state index contributed by atoms with van der Waals surface area (Å²) in [6.07, 6.45) is 1.37. The molecule has 0 aliphatic carbocycles. The molecule has 2 aromatic carbocycles. The molecule has 5 nitrogen and oxygen atoms in total. The van der Waals surface area contributed by atoms with Crippen LogP contribution in [0.3, 0.4) is 0 Å². The second-order valence-corrected chi connectivity index (χ2v) is 6.70. The molecule has 3 rings (SSSR count). The van der Waals surface area contributed by atoms with Crippen LogP contribution in [0, 0.1) is 0 Å². The van der Waals surface area contributed by atoms with Gasteiger partial charge in [-0.1, -0.05) is 24.3 Å². The lowest BCUT2D eigenvalue weighted by Gasteiger charge is -2.22. The SMILES string of the molecule is COc1ccc(CN2CCCN(C(=O)Cc3ccc(O)cc3)CC2)cc1. The summed E-state index contributed by atoms with van der Waals surface area (Å²) in [5.41, 5.74) is 2.20. The summed E-state index contributed by atoms with van der Waals surface area (Å²) in [4.78, 5) is 16.9. The average Bonchev–Trinajstić information content (AvgIpc) is 2.90. The summed E-state index contributed by atoms with van der Waals surface area (Å²) < 4.78 is 5.20. The van der Waals surface area contributed by atoms with Crippen LogP contribution in [0.15, 0.2) is 48.5 Å². The van der Waals surface area contributed by atoms with Gasteiger partial charge in [-0.05, 0) is 41.8 Å². The van der Waals surface area contributed by atoms with Gasteiger partial charge in [0.15, 0.2) is 0 Å². The van der Waals surface area contributed by atoms with Gasteiger partial charge in [-0.3, -0.25) is 9.69 Å². The first-order valence-electron chi connectivity index (χ1n) is 9.05. The van der Waals surface area contributed by atoms with Crippen LogP contribution in [-0.2, 0) is 17.8 Å². The van der Waals surface area contributed by atoms with E-state index in [1.807, 2.05) is 17.0 Å². The second-order valence-electron chi connectivity index (χ2n) is 6.70. The van der Waals surface area contributed by atoms with Crippen LogP contribution in [0.2, 0.25) is 0 Å². The minimum Gasteiger partial charge on any atom is -0.508 e. The van der Waals surface area contributed by atoms with E-state index in [4.69, 9.17) is 4.74 Å². The first-order chi connectivity index (χ1) is 12.6. The second kappa shape index (κ2) is 8.72. The third-order valence-corrected chi connectivity index (χ3v) is 4.80. The predicted octanol–water partition coefficient (Wildman–Crippen LogP) is 2.68. The summed E-state index contributed by atoms with van der Waals surface area (Å²) in [5.74, 6) is 1.25. The highest BCUT2D eigenvalue weighted by Crippen LogP contribution is 2.15. The Morgan fingerprint density at radius 1 is 0.962 bits per heavy atom. The fourth-order valence-corrected chi connectivity index (χ4v) is 3.27. The number of hydrogen-bond donors (Lipinski definition) is 1. The Kier molecular flexibility index (Phi) is 6.12. The number of ether oxygens (including phenoxy) is 1. The van der Waals surface area contributed by atoms with E-state index in [9.17, 15) is 9.90 Å². The van der Waals surface area contributed by atoms with E-state index < -0.39 is 0 Å². The lowest BCUT2D eigenvalue weighted by atomic mass is 10.1. The van der Waals surface area contributed by atoms with Crippen molar-refractivity contribution in [1.82, 2.24) is 9.80 Å². The van der Waals surface area contributed by atoms with Gasteiger partial charge in [0.1, 0.15) is 11.5 Å². The predicted molar refractivity (Wildman–Crippen MR) is 101 cm³/mol. The number of aromatic hydroxyl groups is 1. The van der Waals surface area contributed by atoms with Gasteiger partial charge < -0.3 is 14.7 Å². The highest BCUT2D eigenvalue weighted by atomic mass is 16.5. The standard InChI is InChI=1S/C21H26N2O3/c1-26-20-9-5-18(6-10-20)16-22-11-2-12-23(14-13-22)21(25)15-17-3-7-19(24)8-4-17/h3-10,24H,2,11-16H2,1H3. The minimum atomic E-state index is 0.155. The first-order valence-corrected chi connectivity index (χ1v) is 9.05. The molecule has 1 saturated heterocycles. The zero-order chi connectivity index (χ0) is 18.4.